The summed E-state index contributed by atoms with van der Waals surface area (Å²) in [5, 5.41) is 0. The Hall–Kier alpha value is -5.08. The zero-order valence-electron chi connectivity index (χ0n) is 40.8. The van der Waals surface area contributed by atoms with Crippen molar-refractivity contribution in [3.8, 4) is 0 Å². The van der Waals surface area contributed by atoms with E-state index in [0.29, 0.717) is 0 Å². The Morgan fingerprint density at radius 1 is 0.667 bits per heavy atom. The van der Waals surface area contributed by atoms with E-state index in [1.807, 2.05) is 59.8 Å². The SMILES string of the molecule is C=C.C=C/C=C\C(=C/C)N(C(/C=C\C)=C/C)C(/C=C\C)=C/C/C=C/C(C)(CCCCCC)/C(=C/C=C(\CC=C)N(c1ccccc1)c1ccccc1)CC.CC.CC.CC. The highest BCUT2D eigenvalue weighted by Gasteiger charge is 2.24. The molecule has 2 aromatic rings. The number of para-hydroxylation sites is 2. The molecular weight excluding hydrogens is 725 g/mol. The van der Waals surface area contributed by atoms with Crippen molar-refractivity contribution in [2.75, 3.05) is 4.90 Å². The van der Waals surface area contributed by atoms with Crippen molar-refractivity contribution in [1.29, 1.82) is 0 Å². The Balaban J connectivity index is -0.00000382. The third-order valence-corrected chi connectivity index (χ3v) is 9.20. The van der Waals surface area contributed by atoms with E-state index in [1.54, 1.807) is 0 Å². The molecule has 1 unspecified atom stereocenters. The molecule has 0 saturated carbocycles. The number of benzene rings is 2. The molecule has 2 nitrogen and oxygen atoms in total. The van der Waals surface area contributed by atoms with Crippen molar-refractivity contribution in [2.24, 2.45) is 5.41 Å². The summed E-state index contributed by atoms with van der Waals surface area (Å²) in [6.07, 6.45) is 41.4. The van der Waals surface area contributed by atoms with Gasteiger partial charge in [0.05, 0.1) is 0 Å². The third kappa shape index (κ3) is 22.3. The van der Waals surface area contributed by atoms with E-state index < -0.39 is 0 Å². The van der Waals surface area contributed by atoms with Gasteiger partial charge in [-0.3, -0.25) is 0 Å². The maximum Gasteiger partial charge on any atom is 0.0458 e. The van der Waals surface area contributed by atoms with Crippen LogP contribution in [0, 0.1) is 5.41 Å². The van der Waals surface area contributed by atoms with Gasteiger partial charge in [-0.25, -0.2) is 0 Å². The van der Waals surface area contributed by atoms with Crippen molar-refractivity contribution >= 4 is 11.4 Å². The van der Waals surface area contributed by atoms with Gasteiger partial charge >= 0.3 is 0 Å². The molecule has 2 rings (SSSR count). The van der Waals surface area contributed by atoms with Crippen LogP contribution in [0.2, 0.25) is 0 Å². The van der Waals surface area contributed by atoms with Crippen LogP contribution in [-0.2, 0) is 0 Å². The van der Waals surface area contributed by atoms with Crippen LogP contribution >= 0.6 is 0 Å². The molecule has 0 amide bonds. The van der Waals surface area contributed by atoms with Crippen molar-refractivity contribution < 1.29 is 0 Å². The van der Waals surface area contributed by atoms with E-state index >= 15 is 0 Å². The molecular formula is C58H88N2. The molecule has 0 aliphatic heterocycles. The lowest BCUT2D eigenvalue weighted by molar-refractivity contribution is 0.425. The van der Waals surface area contributed by atoms with Gasteiger partial charge in [-0.15, -0.1) is 19.7 Å². The lowest BCUT2D eigenvalue weighted by Crippen LogP contribution is -2.19. The molecule has 0 saturated heterocycles. The van der Waals surface area contributed by atoms with Gasteiger partial charge in [0.1, 0.15) is 0 Å². The smallest absolute Gasteiger partial charge is 0.0458 e. The van der Waals surface area contributed by atoms with Crippen LogP contribution in [-0.4, -0.2) is 4.90 Å². The molecule has 60 heavy (non-hydrogen) atoms. The van der Waals surface area contributed by atoms with Crippen LogP contribution < -0.4 is 4.90 Å². The number of anilines is 2. The molecule has 0 aliphatic rings. The highest BCUT2D eigenvalue weighted by atomic mass is 15.2. The predicted molar refractivity (Wildman–Crippen MR) is 279 cm³/mol. The summed E-state index contributed by atoms with van der Waals surface area (Å²) in [7, 11) is 0. The summed E-state index contributed by atoms with van der Waals surface area (Å²) in [6, 6.07) is 21.3. The average molecular weight is 813 g/mol. The topological polar surface area (TPSA) is 6.48 Å². The molecule has 0 heterocycles. The van der Waals surface area contributed by atoms with Gasteiger partial charge in [0, 0.05) is 46.0 Å². The van der Waals surface area contributed by atoms with E-state index in [2.05, 4.69) is 218 Å². The van der Waals surface area contributed by atoms with Crippen LogP contribution in [0.5, 0.6) is 0 Å². The Labute approximate surface area is 373 Å². The van der Waals surface area contributed by atoms with Gasteiger partial charge in [0.25, 0.3) is 0 Å². The van der Waals surface area contributed by atoms with Crippen molar-refractivity contribution in [3.63, 3.8) is 0 Å². The first kappa shape index (κ1) is 59.2. The predicted octanol–water partition coefficient (Wildman–Crippen LogP) is 19.3. The first-order valence-corrected chi connectivity index (χ1v) is 22.8. The van der Waals surface area contributed by atoms with Gasteiger partial charge in [-0.1, -0.05) is 203 Å². The summed E-state index contributed by atoms with van der Waals surface area (Å²) in [4.78, 5) is 4.67. The molecule has 0 fully saturated rings. The maximum atomic E-state index is 4.14. The summed E-state index contributed by atoms with van der Waals surface area (Å²) in [5.74, 6) is 0. The minimum Gasteiger partial charge on any atom is -0.314 e. The number of hydrogen-bond acceptors (Lipinski definition) is 2. The Bertz CT molecular complexity index is 1600. The van der Waals surface area contributed by atoms with Crippen LogP contribution in [0.3, 0.4) is 0 Å². The number of hydrogen-bond donors (Lipinski definition) is 0. The Morgan fingerprint density at radius 2 is 1.18 bits per heavy atom. The van der Waals surface area contributed by atoms with E-state index in [1.165, 1.54) is 37.0 Å². The zero-order chi connectivity index (χ0) is 46.0. The van der Waals surface area contributed by atoms with Crippen molar-refractivity contribution in [3.05, 3.63) is 206 Å². The molecule has 0 aliphatic carbocycles. The second-order valence-electron chi connectivity index (χ2n) is 13.1. The average Bonchev–Trinajstić information content (AvgIpc) is 3.31. The fraction of sp³-hybridized carbons (Fsp3) is 0.379. The normalized spacial score (nSPS) is 13.2. The highest BCUT2D eigenvalue weighted by Crippen LogP contribution is 2.38. The first-order chi connectivity index (χ1) is 29.4. The standard InChI is InChI=1S/C50H66N2.3C2H6.C2H4/c1-10-18-20-28-41-50(9,42-29-27-38-46(31-13-4)51(44(16-7)30-12-3)45(17-8)33-19-11-2)43(15-6)39-40-47(32-14-5)52(48-34-23-21-24-35-48)49-36-25-22-26-37-49;4*1-2/h11-14,16-17,19,21-26,29-31,33-40,42H,2,5,10,15,18,20,27-28,32,41H2,1,3-4,6-9H3;3*1-2H3;1-2H2/b30-12-,31-13-,33-19-,42-29+,43-39+,44-16+,45-17+,46-38+,47-40+;;;;. The highest BCUT2D eigenvalue weighted by molar-refractivity contribution is 5.68. The second-order valence-corrected chi connectivity index (χ2v) is 13.1. The van der Waals surface area contributed by atoms with Gasteiger partial charge in [0.15, 0.2) is 0 Å². The quantitative estimate of drug-likeness (QED) is 0.0626. The Morgan fingerprint density at radius 3 is 1.63 bits per heavy atom. The first-order valence-electron chi connectivity index (χ1n) is 22.8. The fourth-order valence-corrected chi connectivity index (χ4v) is 6.50. The molecule has 1 atom stereocenters. The molecule has 0 radical (unpaired) electrons. The van der Waals surface area contributed by atoms with Crippen molar-refractivity contribution in [2.45, 2.75) is 141 Å². The number of rotatable bonds is 23. The van der Waals surface area contributed by atoms with Gasteiger partial charge in [0.2, 0.25) is 0 Å². The largest absolute Gasteiger partial charge is 0.314 e. The third-order valence-electron chi connectivity index (χ3n) is 9.20. The summed E-state index contributed by atoms with van der Waals surface area (Å²) in [5.41, 5.74) is 8.20. The van der Waals surface area contributed by atoms with Gasteiger partial charge in [-0.05, 0) is 95.5 Å². The lowest BCUT2D eigenvalue weighted by atomic mass is 9.75. The Kier molecular flexibility index (Phi) is 40.2. The summed E-state index contributed by atoms with van der Waals surface area (Å²) < 4.78 is 0. The number of allylic oxidation sites excluding steroid dienone is 16. The maximum absolute atomic E-state index is 4.14. The monoisotopic (exact) mass is 813 g/mol. The summed E-state index contributed by atoms with van der Waals surface area (Å²) in [6.45, 7) is 41.4. The molecule has 330 valence electrons. The minimum absolute atomic E-state index is 0.0719. The van der Waals surface area contributed by atoms with Crippen LogP contribution in [0.4, 0.5) is 11.4 Å². The second kappa shape index (κ2) is 40.7. The molecule has 0 N–H and O–H groups in total. The van der Waals surface area contributed by atoms with Crippen molar-refractivity contribution in [1.82, 2.24) is 4.90 Å². The molecule has 2 heteroatoms. The van der Waals surface area contributed by atoms with Crippen LogP contribution in [0.15, 0.2) is 206 Å². The molecule has 0 bridgehead atoms. The van der Waals surface area contributed by atoms with Crippen LogP contribution in [0.25, 0.3) is 0 Å². The molecule has 0 spiro atoms. The van der Waals surface area contributed by atoms with Gasteiger partial charge in [-0.2, -0.15) is 0 Å². The molecule has 0 aromatic heterocycles. The summed E-state index contributed by atoms with van der Waals surface area (Å²) >= 11 is 0. The van der Waals surface area contributed by atoms with E-state index in [9.17, 15) is 0 Å². The fourth-order valence-electron chi connectivity index (χ4n) is 6.50. The van der Waals surface area contributed by atoms with E-state index in [0.717, 1.165) is 54.1 Å². The van der Waals surface area contributed by atoms with Crippen LogP contribution in [0.1, 0.15) is 141 Å². The minimum atomic E-state index is -0.0719. The molecule has 2 aromatic carbocycles. The number of unbranched alkanes of at least 4 members (excludes halogenated alkanes) is 3. The van der Waals surface area contributed by atoms with E-state index in [-0.39, 0.29) is 5.41 Å². The van der Waals surface area contributed by atoms with Gasteiger partial charge < -0.3 is 9.80 Å². The zero-order valence-corrected chi connectivity index (χ0v) is 40.8. The van der Waals surface area contributed by atoms with E-state index in [4.69, 9.17) is 0 Å². The lowest BCUT2D eigenvalue weighted by Gasteiger charge is -2.31. The number of nitrogens with zero attached hydrogens (tertiary/aromatic N) is 2.